The van der Waals surface area contributed by atoms with E-state index in [1.807, 2.05) is 22.0 Å². The van der Waals surface area contributed by atoms with Crippen molar-refractivity contribution in [3.63, 3.8) is 0 Å². The quantitative estimate of drug-likeness (QED) is 0.277. The Morgan fingerprint density at radius 2 is 1.83 bits per heavy atom. The molecule has 6 rings (SSSR count). The Kier molecular flexibility index (Phi) is 5.68. The summed E-state index contributed by atoms with van der Waals surface area (Å²) in [5, 5.41) is 5.88. The number of aromatic nitrogens is 2. The number of fused-ring (bicyclic) bond motifs is 3. The van der Waals surface area contributed by atoms with Crippen molar-refractivity contribution in [2.75, 3.05) is 0 Å². The van der Waals surface area contributed by atoms with Crippen LogP contribution in [-0.4, -0.2) is 21.5 Å². The van der Waals surface area contributed by atoms with Crippen LogP contribution in [0.1, 0.15) is 50.5 Å². The summed E-state index contributed by atoms with van der Waals surface area (Å²) in [4.78, 5) is 17.7. The first-order valence-electron chi connectivity index (χ1n) is 12.7. The van der Waals surface area contributed by atoms with E-state index in [-0.39, 0.29) is 17.4 Å². The second-order valence-corrected chi connectivity index (χ2v) is 12.1. The summed E-state index contributed by atoms with van der Waals surface area (Å²) in [7, 11) is 0. The number of thiophene rings is 1. The van der Waals surface area contributed by atoms with Crippen LogP contribution in [0.15, 0.2) is 79.3 Å². The predicted molar refractivity (Wildman–Crippen MR) is 150 cm³/mol. The molecule has 0 saturated heterocycles. The molecule has 4 nitrogen and oxygen atoms in total. The molecule has 182 valence electrons. The van der Waals surface area contributed by atoms with Crippen molar-refractivity contribution in [1.82, 2.24) is 14.9 Å². The topological polar surface area (TPSA) is 46.9 Å². The molecule has 2 unspecified atom stereocenters. The first kappa shape index (κ1) is 23.0. The molecule has 1 saturated carbocycles. The lowest BCUT2D eigenvalue weighted by Crippen LogP contribution is -2.43. The number of hydrogen-bond acceptors (Lipinski definition) is 3. The van der Waals surface area contributed by atoms with Crippen LogP contribution in [-0.2, 0) is 0 Å². The molecule has 0 bridgehead atoms. The van der Waals surface area contributed by atoms with Crippen LogP contribution in [0, 0.1) is 11.3 Å². The van der Waals surface area contributed by atoms with Gasteiger partial charge in [-0.1, -0.05) is 69.3 Å². The van der Waals surface area contributed by atoms with E-state index in [9.17, 15) is 4.79 Å². The van der Waals surface area contributed by atoms with Gasteiger partial charge in [-0.05, 0) is 59.9 Å². The Morgan fingerprint density at radius 1 is 1.03 bits per heavy atom. The van der Waals surface area contributed by atoms with Crippen LogP contribution in [0.25, 0.3) is 37.0 Å². The zero-order valence-electron chi connectivity index (χ0n) is 21.0. The third-order valence-corrected chi connectivity index (χ3v) is 8.65. The highest BCUT2D eigenvalue weighted by atomic mass is 32.1. The molecule has 1 amide bonds. The van der Waals surface area contributed by atoms with Crippen LogP contribution in [0.4, 0.5) is 0 Å². The van der Waals surface area contributed by atoms with Crippen molar-refractivity contribution >= 4 is 37.4 Å². The van der Waals surface area contributed by atoms with Gasteiger partial charge in [0.15, 0.2) is 0 Å². The highest BCUT2D eigenvalue weighted by molar-refractivity contribution is 7.26. The molecule has 0 aliphatic heterocycles. The van der Waals surface area contributed by atoms with Crippen molar-refractivity contribution in [3.05, 3.63) is 84.9 Å². The predicted octanol–water partition coefficient (Wildman–Crippen LogP) is 7.85. The number of nitrogens with one attached hydrogen (secondary N) is 1. The van der Waals surface area contributed by atoms with Gasteiger partial charge in [0.05, 0.1) is 12.5 Å². The second-order valence-electron chi connectivity index (χ2n) is 11.1. The van der Waals surface area contributed by atoms with E-state index in [2.05, 4.69) is 91.7 Å². The number of hydrogen-bond donors (Lipinski definition) is 1. The molecule has 2 heterocycles. The number of nitrogens with zero attached hydrogens (tertiary/aromatic N) is 2. The standard InChI is InChI=1S/C31H31N3OS/c1-20-14-22(17-31(2,3)16-20)33-30(35)27-18-32-19-34(27)23-9-6-8-21(15-23)24-11-7-12-26-25-10-4-5-13-28(25)36-29(24)26/h4-13,15,18-20,22H,14,16-17H2,1-3H3,(H,33,35). The number of carbonyl (C=O) groups is 1. The van der Waals surface area contributed by atoms with E-state index < -0.39 is 0 Å². The number of carbonyl (C=O) groups excluding carboxylic acids is 1. The van der Waals surface area contributed by atoms with Gasteiger partial charge in [-0.15, -0.1) is 11.3 Å². The third-order valence-electron chi connectivity index (χ3n) is 7.43. The Labute approximate surface area is 216 Å². The van der Waals surface area contributed by atoms with E-state index >= 15 is 0 Å². The lowest BCUT2D eigenvalue weighted by molar-refractivity contribution is 0.0867. The molecule has 1 N–H and O–H groups in total. The molecule has 2 atom stereocenters. The van der Waals surface area contributed by atoms with Crippen molar-refractivity contribution in [1.29, 1.82) is 0 Å². The first-order chi connectivity index (χ1) is 17.4. The van der Waals surface area contributed by atoms with E-state index in [0.717, 1.165) is 24.1 Å². The smallest absolute Gasteiger partial charge is 0.270 e. The monoisotopic (exact) mass is 493 g/mol. The lowest BCUT2D eigenvalue weighted by Gasteiger charge is -2.39. The van der Waals surface area contributed by atoms with Gasteiger partial charge in [-0.2, -0.15) is 0 Å². The van der Waals surface area contributed by atoms with E-state index in [0.29, 0.717) is 11.6 Å². The number of rotatable bonds is 4. The summed E-state index contributed by atoms with van der Waals surface area (Å²) >= 11 is 1.83. The SMILES string of the molecule is CC1CC(NC(=O)c2cncn2-c2cccc(-c3cccc4c3sc3ccccc34)c2)CC(C)(C)C1. The minimum atomic E-state index is -0.0561. The molecule has 5 aromatic rings. The summed E-state index contributed by atoms with van der Waals surface area (Å²) in [5.41, 5.74) is 4.10. The number of imidazole rings is 1. The average molecular weight is 494 g/mol. The molecule has 0 spiro atoms. The highest BCUT2D eigenvalue weighted by Crippen LogP contribution is 2.40. The van der Waals surface area contributed by atoms with Gasteiger partial charge in [-0.25, -0.2) is 4.98 Å². The van der Waals surface area contributed by atoms with Gasteiger partial charge in [0, 0.05) is 31.9 Å². The summed E-state index contributed by atoms with van der Waals surface area (Å²) < 4.78 is 4.49. The molecule has 2 aromatic heterocycles. The van der Waals surface area contributed by atoms with Gasteiger partial charge in [0.25, 0.3) is 5.91 Å². The van der Waals surface area contributed by atoms with Gasteiger partial charge in [0.2, 0.25) is 0 Å². The third kappa shape index (κ3) is 4.22. The largest absolute Gasteiger partial charge is 0.348 e. The lowest BCUT2D eigenvalue weighted by atomic mass is 9.70. The molecular formula is C31H31N3OS. The molecule has 5 heteroatoms. The van der Waals surface area contributed by atoms with E-state index in [4.69, 9.17) is 0 Å². The maximum absolute atomic E-state index is 13.3. The van der Waals surface area contributed by atoms with Crippen LogP contribution in [0.2, 0.25) is 0 Å². The van der Waals surface area contributed by atoms with Crippen molar-refractivity contribution in [2.45, 2.75) is 46.1 Å². The number of benzene rings is 3. The summed E-state index contributed by atoms with van der Waals surface area (Å²) in [6, 6.07) is 23.7. The second kappa shape index (κ2) is 8.90. The Bertz CT molecular complexity index is 1580. The van der Waals surface area contributed by atoms with Crippen LogP contribution in [0.3, 0.4) is 0 Å². The molecule has 1 aliphatic carbocycles. The van der Waals surface area contributed by atoms with Crippen LogP contribution >= 0.6 is 11.3 Å². The fraction of sp³-hybridized carbons (Fsp3) is 0.290. The van der Waals surface area contributed by atoms with E-state index in [1.54, 1.807) is 12.5 Å². The Morgan fingerprint density at radius 3 is 2.69 bits per heavy atom. The summed E-state index contributed by atoms with van der Waals surface area (Å²) in [6.45, 7) is 6.89. The summed E-state index contributed by atoms with van der Waals surface area (Å²) in [5.74, 6) is 0.552. The minimum absolute atomic E-state index is 0.0561. The van der Waals surface area contributed by atoms with Crippen molar-refractivity contribution < 1.29 is 4.79 Å². The van der Waals surface area contributed by atoms with Crippen molar-refractivity contribution in [2.24, 2.45) is 11.3 Å². The van der Waals surface area contributed by atoms with Gasteiger partial charge < -0.3 is 5.32 Å². The maximum Gasteiger partial charge on any atom is 0.270 e. The summed E-state index contributed by atoms with van der Waals surface area (Å²) in [6.07, 6.45) is 6.65. The molecule has 36 heavy (non-hydrogen) atoms. The maximum atomic E-state index is 13.3. The van der Waals surface area contributed by atoms with Gasteiger partial charge >= 0.3 is 0 Å². The highest BCUT2D eigenvalue weighted by Gasteiger charge is 2.33. The van der Waals surface area contributed by atoms with Crippen LogP contribution < -0.4 is 5.32 Å². The van der Waals surface area contributed by atoms with Crippen LogP contribution in [0.5, 0.6) is 0 Å². The molecule has 0 radical (unpaired) electrons. The van der Waals surface area contributed by atoms with E-state index in [1.165, 1.54) is 32.2 Å². The zero-order valence-corrected chi connectivity index (χ0v) is 21.8. The molecule has 1 aliphatic rings. The Hall–Kier alpha value is -3.44. The average Bonchev–Trinajstić information content (AvgIpc) is 3.48. The normalized spacial score (nSPS) is 19.5. The minimum Gasteiger partial charge on any atom is -0.348 e. The van der Waals surface area contributed by atoms with Gasteiger partial charge in [0.1, 0.15) is 5.69 Å². The first-order valence-corrected chi connectivity index (χ1v) is 13.5. The van der Waals surface area contributed by atoms with Gasteiger partial charge in [-0.3, -0.25) is 9.36 Å². The molecular weight excluding hydrogens is 462 g/mol. The fourth-order valence-electron chi connectivity index (χ4n) is 6.18. The molecule has 1 fully saturated rings. The Balaban J connectivity index is 1.33. The molecule has 3 aromatic carbocycles. The number of amides is 1. The van der Waals surface area contributed by atoms with Crippen molar-refractivity contribution in [3.8, 4) is 16.8 Å². The zero-order chi connectivity index (χ0) is 24.9. The fourth-order valence-corrected chi connectivity index (χ4v) is 7.42.